The number of hydrogen-bond donors (Lipinski definition) is 0. The molecule has 0 amide bonds. The van der Waals surface area contributed by atoms with Crippen molar-refractivity contribution in [2.75, 3.05) is 0 Å². The maximum atomic E-state index is 13.9. The first kappa shape index (κ1) is 11.5. The summed E-state index contributed by atoms with van der Waals surface area (Å²) in [6, 6.07) is 15.2. The second-order valence-electron chi connectivity index (χ2n) is 4.08. The summed E-state index contributed by atoms with van der Waals surface area (Å²) in [6.07, 6.45) is 0. The van der Waals surface area contributed by atoms with Gasteiger partial charge in [0.25, 0.3) is 0 Å². The van der Waals surface area contributed by atoms with Gasteiger partial charge < -0.3 is 4.74 Å². The van der Waals surface area contributed by atoms with Gasteiger partial charge >= 0.3 is 0 Å². The average Bonchev–Trinajstić information content (AvgIpc) is 2.55. The van der Waals surface area contributed by atoms with Gasteiger partial charge in [0.15, 0.2) is 4.74 Å². The molecule has 0 aliphatic carbocycles. The third-order valence-corrected chi connectivity index (χ3v) is 3.41. The first-order chi connectivity index (χ1) is 8.77. The van der Waals surface area contributed by atoms with E-state index in [1.165, 1.54) is 0 Å². The van der Waals surface area contributed by atoms with E-state index in [0.717, 1.165) is 16.7 Å². The highest BCUT2D eigenvalue weighted by Gasteiger charge is 2.21. The van der Waals surface area contributed by atoms with Gasteiger partial charge in [-0.3, -0.25) is 0 Å². The minimum Gasteiger partial charge on any atom is -0.488 e. The molecule has 2 aromatic carbocycles. The lowest BCUT2D eigenvalue weighted by Crippen LogP contribution is -1.94. The van der Waals surface area contributed by atoms with E-state index in [1.54, 1.807) is 0 Å². The summed E-state index contributed by atoms with van der Waals surface area (Å²) < 4.78 is 19.2. The van der Waals surface area contributed by atoms with Crippen LogP contribution in [0, 0.1) is 0 Å². The van der Waals surface area contributed by atoms with Gasteiger partial charge in [-0.1, -0.05) is 42.5 Å². The van der Waals surface area contributed by atoms with Crippen LogP contribution in [0.15, 0.2) is 53.3 Å². The van der Waals surface area contributed by atoms with Crippen molar-refractivity contribution in [3.63, 3.8) is 0 Å². The molecule has 0 spiro atoms. The highest BCUT2D eigenvalue weighted by atomic mass is 79.9. The van der Waals surface area contributed by atoms with Crippen LogP contribution in [0.4, 0.5) is 4.39 Å². The Hall–Kier alpha value is -1.61. The van der Waals surface area contributed by atoms with Gasteiger partial charge in [0.1, 0.15) is 12.4 Å². The molecule has 1 heterocycles. The third kappa shape index (κ3) is 1.85. The van der Waals surface area contributed by atoms with Crippen molar-refractivity contribution in [1.29, 1.82) is 0 Å². The van der Waals surface area contributed by atoms with Crippen molar-refractivity contribution in [3.05, 3.63) is 70.0 Å². The molecule has 3 rings (SSSR count). The highest BCUT2D eigenvalue weighted by molar-refractivity contribution is 9.11. The number of halogens is 2. The van der Waals surface area contributed by atoms with Gasteiger partial charge in [-0.15, -0.1) is 0 Å². The Balaban J connectivity index is 2.32. The molecule has 1 aliphatic rings. The van der Waals surface area contributed by atoms with Gasteiger partial charge in [-0.25, -0.2) is 0 Å². The largest absolute Gasteiger partial charge is 0.488 e. The van der Waals surface area contributed by atoms with Crippen LogP contribution in [0.2, 0.25) is 0 Å². The number of benzene rings is 2. The lowest BCUT2D eigenvalue weighted by Gasteiger charge is -2.09. The van der Waals surface area contributed by atoms with Crippen LogP contribution in [0.5, 0.6) is 5.75 Å². The summed E-state index contributed by atoms with van der Waals surface area (Å²) in [4.78, 5) is 0. The zero-order chi connectivity index (χ0) is 12.5. The third-order valence-electron chi connectivity index (χ3n) is 3.02. The summed E-state index contributed by atoms with van der Waals surface area (Å²) >= 11 is 2.97. The summed E-state index contributed by atoms with van der Waals surface area (Å²) in [5.74, 6) is 0.707. The summed E-state index contributed by atoms with van der Waals surface area (Å²) in [5, 5.41) is 0. The summed E-state index contributed by atoms with van der Waals surface area (Å²) in [6.45, 7) is 0.455. The Labute approximate surface area is 113 Å². The SMILES string of the molecule is F/C(Br)=C1/c2ccccc2COc2ccccc21. The molecular formula is C15H10BrFO. The van der Waals surface area contributed by atoms with Crippen LogP contribution in [0.1, 0.15) is 16.7 Å². The van der Waals surface area contributed by atoms with Crippen molar-refractivity contribution in [2.24, 2.45) is 0 Å². The molecule has 2 aromatic rings. The molecule has 0 saturated carbocycles. The van der Waals surface area contributed by atoms with E-state index in [0.29, 0.717) is 17.9 Å². The van der Waals surface area contributed by atoms with Crippen LogP contribution < -0.4 is 4.74 Å². The van der Waals surface area contributed by atoms with Crippen LogP contribution in [0.25, 0.3) is 5.57 Å². The Bertz CT molecular complexity index is 580. The Morgan fingerprint density at radius 1 is 1.00 bits per heavy atom. The van der Waals surface area contributed by atoms with E-state index in [-0.39, 0.29) is 4.74 Å². The Morgan fingerprint density at radius 2 is 1.67 bits per heavy atom. The van der Waals surface area contributed by atoms with Crippen molar-refractivity contribution >= 4 is 21.5 Å². The molecule has 0 aromatic heterocycles. The van der Waals surface area contributed by atoms with Gasteiger partial charge in [0.2, 0.25) is 0 Å². The van der Waals surface area contributed by atoms with Crippen molar-refractivity contribution < 1.29 is 9.13 Å². The molecule has 1 nitrogen and oxygen atoms in total. The van der Waals surface area contributed by atoms with E-state index in [1.807, 2.05) is 48.5 Å². The zero-order valence-electron chi connectivity index (χ0n) is 9.49. The van der Waals surface area contributed by atoms with Gasteiger partial charge in [-0.05, 0) is 33.1 Å². The molecule has 0 bridgehead atoms. The monoisotopic (exact) mass is 304 g/mol. The van der Waals surface area contributed by atoms with E-state index in [9.17, 15) is 4.39 Å². The van der Waals surface area contributed by atoms with E-state index >= 15 is 0 Å². The van der Waals surface area contributed by atoms with Gasteiger partial charge in [0, 0.05) is 11.1 Å². The second-order valence-corrected chi connectivity index (χ2v) is 4.77. The Kier molecular flexibility index (Phi) is 2.92. The summed E-state index contributed by atoms with van der Waals surface area (Å²) in [5.41, 5.74) is 3.19. The van der Waals surface area contributed by atoms with E-state index < -0.39 is 0 Å². The average molecular weight is 305 g/mol. The van der Waals surface area contributed by atoms with Crippen molar-refractivity contribution in [3.8, 4) is 5.75 Å². The molecule has 0 saturated heterocycles. The minimum absolute atomic E-state index is 0.368. The highest BCUT2D eigenvalue weighted by Crippen LogP contribution is 2.39. The zero-order valence-corrected chi connectivity index (χ0v) is 11.1. The normalized spacial score (nSPS) is 16.1. The molecule has 0 N–H and O–H groups in total. The maximum absolute atomic E-state index is 13.9. The summed E-state index contributed by atoms with van der Waals surface area (Å²) in [7, 11) is 0. The molecule has 1 aliphatic heterocycles. The van der Waals surface area contributed by atoms with Crippen LogP contribution >= 0.6 is 15.9 Å². The molecule has 0 unspecified atom stereocenters. The molecule has 0 atom stereocenters. The van der Waals surface area contributed by atoms with Crippen LogP contribution in [-0.4, -0.2) is 0 Å². The fourth-order valence-electron chi connectivity index (χ4n) is 2.19. The van der Waals surface area contributed by atoms with E-state index in [2.05, 4.69) is 15.9 Å². The van der Waals surface area contributed by atoms with Crippen molar-refractivity contribution in [2.45, 2.75) is 6.61 Å². The predicted octanol–water partition coefficient (Wildman–Crippen LogP) is 4.66. The predicted molar refractivity (Wildman–Crippen MR) is 73.3 cm³/mol. The van der Waals surface area contributed by atoms with Gasteiger partial charge in [-0.2, -0.15) is 4.39 Å². The molecule has 0 fully saturated rings. The molecular weight excluding hydrogens is 295 g/mol. The van der Waals surface area contributed by atoms with Crippen LogP contribution in [-0.2, 0) is 6.61 Å². The lowest BCUT2D eigenvalue weighted by molar-refractivity contribution is 0.307. The number of ether oxygens (including phenoxy) is 1. The topological polar surface area (TPSA) is 9.23 Å². The first-order valence-corrected chi connectivity index (χ1v) is 6.42. The van der Waals surface area contributed by atoms with E-state index in [4.69, 9.17) is 4.74 Å². The number of fused-ring (bicyclic) bond motifs is 2. The quantitative estimate of drug-likeness (QED) is 0.688. The molecule has 90 valence electrons. The fraction of sp³-hybridized carbons (Fsp3) is 0.0667. The lowest BCUT2D eigenvalue weighted by atomic mass is 9.96. The smallest absolute Gasteiger partial charge is 0.174 e. The molecule has 0 radical (unpaired) electrons. The first-order valence-electron chi connectivity index (χ1n) is 5.63. The maximum Gasteiger partial charge on any atom is 0.174 e. The Morgan fingerprint density at radius 3 is 2.44 bits per heavy atom. The fourth-order valence-corrected chi connectivity index (χ4v) is 2.62. The number of hydrogen-bond acceptors (Lipinski definition) is 1. The van der Waals surface area contributed by atoms with Gasteiger partial charge in [0.05, 0.1) is 0 Å². The van der Waals surface area contributed by atoms with Crippen molar-refractivity contribution in [1.82, 2.24) is 0 Å². The standard InChI is InChI=1S/C15H10BrFO/c16-15(17)14-11-6-2-1-5-10(11)9-18-13-8-4-3-7-12(13)14/h1-8H,9H2/b15-14-. The molecule has 3 heteroatoms. The second kappa shape index (κ2) is 4.58. The minimum atomic E-state index is -0.368. The number of para-hydroxylation sites is 1. The molecule has 18 heavy (non-hydrogen) atoms. The number of rotatable bonds is 0. The van der Waals surface area contributed by atoms with Crippen LogP contribution in [0.3, 0.4) is 0 Å².